The van der Waals surface area contributed by atoms with Gasteiger partial charge in [-0.1, -0.05) is 6.92 Å². The van der Waals surface area contributed by atoms with Crippen LogP contribution in [0, 0.1) is 5.92 Å². The summed E-state index contributed by atoms with van der Waals surface area (Å²) in [6.07, 6.45) is -1.00. The standard InChI is InChI=1S/C15H28O5/c1-9(2)19-14(13(17)11(4)16)10(3)7-12-8-18-15(5,6)20-12/h9-10,12-14,17H,7-8H2,1-6H3/t10-,12-,13+,14+/m1/s1. The number of Topliss-reactive ketones (excluding diaryl/α,β-unsaturated/α-hetero) is 1. The molecule has 20 heavy (non-hydrogen) atoms. The van der Waals surface area contributed by atoms with Crippen LogP contribution in [0.3, 0.4) is 0 Å². The number of hydrogen-bond donors (Lipinski definition) is 1. The zero-order valence-electron chi connectivity index (χ0n) is 13.4. The van der Waals surface area contributed by atoms with Crippen LogP contribution in [-0.4, -0.2) is 47.7 Å². The van der Waals surface area contributed by atoms with Crippen molar-refractivity contribution in [1.29, 1.82) is 0 Å². The lowest BCUT2D eigenvalue weighted by Gasteiger charge is -2.30. The van der Waals surface area contributed by atoms with Crippen molar-refractivity contribution in [2.24, 2.45) is 5.92 Å². The molecule has 1 rings (SSSR count). The van der Waals surface area contributed by atoms with Gasteiger partial charge in [-0.15, -0.1) is 0 Å². The molecule has 1 N–H and O–H groups in total. The number of aliphatic hydroxyl groups is 1. The topological polar surface area (TPSA) is 65.0 Å². The maximum Gasteiger partial charge on any atom is 0.163 e. The molecule has 4 atom stereocenters. The van der Waals surface area contributed by atoms with Crippen molar-refractivity contribution in [2.45, 2.75) is 78.2 Å². The number of ketones is 1. The van der Waals surface area contributed by atoms with Gasteiger partial charge in [0, 0.05) is 0 Å². The predicted molar refractivity (Wildman–Crippen MR) is 75.4 cm³/mol. The van der Waals surface area contributed by atoms with Crippen LogP contribution in [-0.2, 0) is 19.0 Å². The highest BCUT2D eigenvalue weighted by Gasteiger charge is 2.37. The summed E-state index contributed by atoms with van der Waals surface area (Å²) >= 11 is 0. The van der Waals surface area contributed by atoms with E-state index in [2.05, 4.69) is 0 Å². The van der Waals surface area contributed by atoms with Crippen molar-refractivity contribution < 1.29 is 24.1 Å². The molecule has 118 valence electrons. The predicted octanol–water partition coefficient (Wildman–Crippen LogP) is 1.91. The first-order valence-electron chi connectivity index (χ1n) is 7.28. The lowest BCUT2D eigenvalue weighted by atomic mass is 9.92. The van der Waals surface area contributed by atoms with Crippen molar-refractivity contribution in [2.75, 3.05) is 6.61 Å². The number of carbonyl (C=O) groups is 1. The van der Waals surface area contributed by atoms with Gasteiger partial charge in [-0.25, -0.2) is 0 Å². The van der Waals surface area contributed by atoms with Gasteiger partial charge >= 0.3 is 0 Å². The van der Waals surface area contributed by atoms with E-state index in [0.717, 1.165) is 0 Å². The Labute approximate surface area is 121 Å². The smallest absolute Gasteiger partial charge is 0.163 e. The number of carbonyl (C=O) groups excluding carboxylic acids is 1. The molecule has 1 aliphatic rings. The maximum atomic E-state index is 11.4. The lowest BCUT2D eigenvalue weighted by molar-refractivity contribution is -0.150. The van der Waals surface area contributed by atoms with E-state index in [1.807, 2.05) is 34.6 Å². The fraction of sp³-hybridized carbons (Fsp3) is 0.933. The zero-order valence-corrected chi connectivity index (χ0v) is 13.4. The quantitative estimate of drug-likeness (QED) is 0.775. The third-order valence-corrected chi connectivity index (χ3v) is 3.42. The number of ether oxygens (including phenoxy) is 3. The molecule has 1 fully saturated rings. The van der Waals surface area contributed by atoms with E-state index >= 15 is 0 Å². The van der Waals surface area contributed by atoms with Crippen LogP contribution in [0.25, 0.3) is 0 Å². The van der Waals surface area contributed by atoms with Crippen LogP contribution in [0.1, 0.15) is 48.0 Å². The molecular formula is C15H28O5. The lowest BCUT2D eigenvalue weighted by Crippen LogP contribution is -2.42. The Balaban J connectivity index is 2.63. The van der Waals surface area contributed by atoms with Crippen LogP contribution in [0.5, 0.6) is 0 Å². The first kappa shape index (κ1) is 17.6. The van der Waals surface area contributed by atoms with Crippen LogP contribution >= 0.6 is 0 Å². The first-order chi connectivity index (χ1) is 9.12. The molecule has 0 aromatic rings. The van der Waals surface area contributed by atoms with E-state index in [1.54, 1.807) is 0 Å². The van der Waals surface area contributed by atoms with Gasteiger partial charge < -0.3 is 19.3 Å². The molecule has 0 saturated carbocycles. The largest absolute Gasteiger partial charge is 0.383 e. The number of aliphatic hydroxyl groups excluding tert-OH is 1. The van der Waals surface area contributed by atoms with Crippen LogP contribution in [0.2, 0.25) is 0 Å². The minimum absolute atomic E-state index is 0.00111. The van der Waals surface area contributed by atoms with Crippen LogP contribution in [0.4, 0.5) is 0 Å². The number of hydrogen-bond acceptors (Lipinski definition) is 5. The van der Waals surface area contributed by atoms with Gasteiger partial charge in [0.2, 0.25) is 0 Å². The zero-order chi connectivity index (χ0) is 15.5. The van der Waals surface area contributed by atoms with E-state index in [9.17, 15) is 9.90 Å². The SMILES string of the molecule is CC(=O)[C@H](O)[C@@H](OC(C)C)[C@H](C)C[C@@H]1COC(C)(C)O1. The van der Waals surface area contributed by atoms with E-state index in [0.29, 0.717) is 13.0 Å². The second kappa shape index (κ2) is 6.98. The summed E-state index contributed by atoms with van der Waals surface area (Å²) in [5.74, 6) is -0.831. The molecule has 0 bridgehead atoms. The molecule has 5 nitrogen and oxygen atoms in total. The second-order valence-corrected chi connectivity index (χ2v) is 6.37. The Morgan fingerprint density at radius 2 is 2.00 bits per heavy atom. The van der Waals surface area contributed by atoms with Gasteiger partial charge in [0.15, 0.2) is 11.6 Å². The molecule has 1 saturated heterocycles. The minimum atomic E-state index is -1.09. The van der Waals surface area contributed by atoms with Crippen molar-refractivity contribution in [3.05, 3.63) is 0 Å². The third kappa shape index (κ3) is 5.13. The average molecular weight is 288 g/mol. The van der Waals surface area contributed by atoms with Gasteiger partial charge in [0.05, 0.1) is 24.9 Å². The maximum absolute atomic E-state index is 11.4. The van der Waals surface area contributed by atoms with Gasteiger partial charge in [0.1, 0.15) is 6.10 Å². The molecule has 0 radical (unpaired) electrons. The van der Waals surface area contributed by atoms with Crippen LogP contribution < -0.4 is 0 Å². The second-order valence-electron chi connectivity index (χ2n) is 6.37. The average Bonchev–Trinajstić information content (AvgIpc) is 2.64. The summed E-state index contributed by atoms with van der Waals surface area (Å²) in [5.41, 5.74) is 0. The highest BCUT2D eigenvalue weighted by molar-refractivity contribution is 5.80. The third-order valence-electron chi connectivity index (χ3n) is 3.42. The van der Waals surface area contributed by atoms with E-state index < -0.39 is 18.0 Å². The molecular weight excluding hydrogens is 260 g/mol. The van der Waals surface area contributed by atoms with Crippen molar-refractivity contribution in [3.63, 3.8) is 0 Å². The molecule has 5 heteroatoms. The van der Waals surface area contributed by atoms with E-state index in [-0.39, 0.29) is 23.9 Å². The number of rotatable bonds is 7. The molecule has 0 amide bonds. The molecule has 0 spiro atoms. The van der Waals surface area contributed by atoms with Crippen molar-refractivity contribution >= 4 is 5.78 Å². The summed E-state index contributed by atoms with van der Waals surface area (Å²) in [6, 6.07) is 0. The van der Waals surface area contributed by atoms with Gasteiger partial charge in [0.25, 0.3) is 0 Å². The first-order valence-corrected chi connectivity index (χ1v) is 7.28. The molecule has 1 aliphatic heterocycles. The summed E-state index contributed by atoms with van der Waals surface area (Å²) in [4.78, 5) is 11.4. The Hall–Kier alpha value is -0.490. The van der Waals surface area contributed by atoms with Gasteiger partial charge in [-0.2, -0.15) is 0 Å². The molecule has 0 unspecified atom stereocenters. The van der Waals surface area contributed by atoms with E-state index in [4.69, 9.17) is 14.2 Å². The van der Waals surface area contributed by atoms with Crippen LogP contribution in [0.15, 0.2) is 0 Å². The van der Waals surface area contributed by atoms with E-state index in [1.165, 1.54) is 6.92 Å². The Morgan fingerprint density at radius 3 is 2.40 bits per heavy atom. The Kier molecular flexibility index (Phi) is 6.13. The molecule has 1 heterocycles. The highest BCUT2D eigenvalue weighted by Crippen LogP contribution is 2.28. The van der Waals surface area contributed by atoms with Gasteiger partial charge in [-0.05, 0) is 47.0 Å². The molecule has 0 aromatic carbocycles. The fourth-order valence-electron chi connectivity index (χ4n) is 2.49. The Bertz CT molecular complexity index is 326. The Morgan fingerprint density at radius 1 is 1.40 bits per heavy atom. The summed E-state index contributed by atoms with van der Waals surface area (Å²) in [5, 5.41) is 10.0. The molecule has 0 aromatic heterocycles. The highest BCUT2D eigenvalue weighted by atomic mass is 16.7. The summed E-state index contributed by atoms with van der Waals surface area (Å²) in [7, 11) is 0. The van der Waals surface area contributed by atoms with Crippen molar-refractivity contribution in [3.8, 4) is 0 Å². The fourth-order valence-corrected chi connectivity index (χ4v) is 2.49. The molecule has 0 aliphatic carbocycles. The summed E-state index contributed by atoms with van der Waals surface area (Å²) < 4.78 is 17.0. The monoisotopic (exact) mass is 288 g/mol. The minimum Gasteiger partial charge on any atom is -0.383 e. The van der Waals surface area contributed by atoms with Gasteiger partial charge in [-0.3, -0.25) is 4.79 Å². The summed E-state index contributed by atoms with van der Waals surface area (Å²) in [6.45, 7) is 11.4. The van der Waals surface area contributed by atoms with Crippen molar-refractivity contribution in [1.82, 2.24) is 0 Å². The normalized spacial score (nSPS) is 26.5.